The zero-order chi connectivity index (χ0) is 13.1. The summed E-state index contributed by atoms with van der Waals surface area (Å²) in [5.41, 5.74) is 3.90. The van der Waals surface area contributed by atoms with Crippen molar-refractivity contribution < 1.29 is 4.74 Å². The summed E-state index contributed by atoms with van der Waals surface area (Å²) in [6, 6.07) is 13.7. The lowest BCUT2D eigenvalue weighted by molar-refractivity contribution is 0.477. The highest BCUT2D eigenvalue weighted by atomic mass is 16.5. The van der Waals surface area contributed by atoms with E-state index in [0.717, 1.165) is 16.9 Å². The molecule has 0 saturated carbocycles. The molecule has 0 heterocycles. The molecule has 0 aliphatic rings. The highest BCUT2D eigenvalue weighted by molar-refractivity contribution is 5.48. The number of nitrogens with zero attached hydrogens (tertiary/aromatic N) is 1. The smallest absolute Gasteiger partial charge is 0.145 e. The Morgan fingerprint density at radius 1 is 0.889 bits per heavy atom. The van der Waals surface area contributed by atoms with Gasteiger partial charge in [0.15, 0.2) is 0 Å². The molecule has 0 aromatic heterocycles. The van der Waals surface area contributed by atoms with Crippen molar-refractivity contribution in [2.75, 3.05) is 0 Å². The summed E-state index contributed by atoms with van der Waals surface area (Å²) in [5.74, 6) is 1.41. The molecule has 0 N–H and O–H groups in total. The minimum atomic E-state index is 0.556. The Bertz CT molecular complexity index is 623. The van der Waals surface area contributed by atoms with E-state index in [2.05, 4.69) is 12.1 Å². The normalized spacial score (nSPS) is 9.89. The van der Waals surface area contributed by atoms with Crippen molar-refractivity contribution >= 4 is 0 Å². The molecule has 0 radical (unpaired) electrons. The monoisotopic (exact) mass is 237 g/mol. The second-order valence-electron chi connectivity index (χ2n) is 4.48. The minimum absolute atomic E-state index is 0.556. The maximum absolute atomic E-state index is 9.07. The van der Waals surface area contributed by atoms with Gasteiger partial charge in [0.05, 0.1) is 5.56 Å². The third kappa shape index (κ3) is 2.52. The number of ether oxygens (including phenoxy) is 1. The van der Waals surface area contributed by atoms with Crippen LogP contribution in [0.25, 0.3) is 0 Å². The molecular formula is C16H15NO. The average Bonchev–Trinajstić information content (AvgIpc) is 2.33. The molecule has 90 valence electrons. The SMILES string of the molecule is Cc1ccc(Oc2cc(C)ccc2C#N)c(C)c1. The number of hydrogen-bond donors (Lipinski definition) is 0. The van der Waals surface area contributed by atoms with Crippen LogP contribution in [0.3, 0.4) is 0 Å². The Morgan fingerprint density at radius 2 is 1.56 bits per heavy atom. The largest absolute Gasteiger partial charge is 0.456 e. The first-order valence-corrected chi connectivity index (χ1v) is 5.86. The van der Waals surface area contributed by atoms with Gasteiger partial charge in [-0.2, -0.15) is 5.26 Å². The number of nitriles is 1. The molecule has 2 aromatic rings. The Labute approximate surface area is 107 Å². The Hall–Kier alpha value is -2.27. The third-order valence-electron chi connectivity index (χ3n) is 2.81. The fourth-order valence-electron chi connectivity index (χ4n) is 1.84. The van der Waals surface area contributed by atoms with Gasteiger partial charge in [0.2, 0.25) is 0 Å². The van der Waals surface area contributed by atoms with Crippen LogP contribution in [-0.2, 0) is 0 Å². The lowest BCUT2D eigenvalue weighted by Gasteiger charge is -2.11. The molecule has 0 saturated heterocycles. The molecule has 0 unspecified atom stereocenters. The molecule has 2 aromatic carbocycles. The summed E-state index contributed by atoms with van der Waals surface area (Å²) in [5, 5.41) is 9.07. The van der Waals surface area contributed by atoms with Crippen molar-refractivity contribution in [3.8, 4) is 17.6 Å². The van der Waals surface area contributed by atoms with Crippen LogP contribution in [0.1, 0.15) is 22.3 Å². The third-order valence-corrected chi connectivity index (χ3v) is 2.81. The maximum atomic E-state index is 9.07. The van der Waals surface area contributed by atoms with E-state index in [4.69, 9.17) is 10.00 Å². The molecule has 0 amide bonds. The molecule has 0 aliphatic heterocycles. The van der Waals surface area contributed by atoms with E-state index in [1.54, 1.807) is 6.07 Å². The van der Waals surface area contributed by atoms with E-state index in [9.17, 15) is 0 Å². The van der Waals surface area contributed by atoms with Crippen LogP contribution in [0.5, 0.6) is 11.5 Å². The van der Waals surface area contributed by atoms with Gasteiger partial charge in [-0.05, 0) is 50.1 Å². The van der Waals surface area contributed by atoms with Crippen molar-refractivity contribution in [3.05, 3.63) is 58.7 Å². The summed E-state index contributed by atoms with van der Waals surface area (Å²) >= 11 is 0. The first-order valence-electron chi connectivity index (χ1n) is 5.86. The van der Waals surface area contributed by atoms with Gasteiger partial charge in [-0.15, -0.1) is 0 Å². The van der Waals surface area contributed by atoms with Crippen LogP contribution in [0, 0.1) is 32.1 Å². The van der Waals surface area contributed by atoms with Crippen LogP contribution >= 0.6 is 0 Å². The minimum Gasteiger partial charge on any atom is -0.456 e. The Balaban J connectivity index is 2.40. The van der Waals surface area contributed by atoms with Crippen molar-refractivity contribution in [2.24, 2.45) is 0 Å². The standard InChI is InChI=1S/C16H15NO/c1-11-5-7-15(13(3)8-11)18-16-9-12(2)4-6-14(16)10-17/h4-9H,1-3H3. The zero-order valence-corrected chi connectivity index (χ0v) is 10.8. The number of benzene rings is 2. The van der Waals surface area contributed by atoms with Crippen molar-refractivity contribution in [1.82, 2.24) is 0 Å². The number of rotatable bonds is 2. The summed E-state index contributed by atoms with van der Waals surface area (Å²) in [7, 11) is 0. The first kappa shape index (κ1) is 12.2. The van der Waals surface area contributed by atoms with Crippen LogP contribution in [-0.4, -0.2) is 0 Å². The van der Waals surface area contributed by atoms with Crippen molar-refractivity contribution in [3.63, 3.8) is 0 Å². The number of hydrogen-bond acceptors (Lipinski definition) is 2. The Morgan fingerprint density at radius 3 is 2.22 bits per heavy atom. The molecule has 18 heavy (non-hydrogen) atoms. The van der Waals surface area contributed by atoms with E-state index in [1.165, 1.54) is 5.56 Å². The van der Waals surface area contributed by atoms with Gasteiger partial charge < -0.3 is 4.74 Å². The van der Waals surface area contributed by atoms with E-state index in [0.29, 0.717) is 11.3 Å². The molecule has 2 heteroatoms. The highest BCUT2D eigenvalue weighted by Crippen LogP contribution is 2.28. The quantitative estimate of drug-likeness (QED) is 0.781. The van der Waals surface area contributed by atoms with Crippen LogP contribution < -0.4 is 4.74 Å². The highest BCUT2D eigenvalue weighted by Gasteiger charge is 2.07. The fraction of sp³-hybridized carbons (Fsp3) is 0.188. The lowest BCUT2D eigenvalue weighted by atomic mass is 10.1. The summed E-state index contributed by atoms with van der Waals surface area (Å²) in [6.07, 6.45) is 0. The van der Waals surface area contributed by atoms with Gasteiger partial charge in [-0.3, -0.25) is 0 Å². The summed E-state index contributed by atoms with van der Waals surface area (Å²) in [4.78, 5) is 0. The molecule has 2 rings (SSSR count). The second-order valence-corrected chi connectivity index (χ2v) is 4.48. The second kappa shape index (κ2) is 4.93. The van der Waals surface area contributed by atoms with Gasteiger partial charge in [-0.25, -0.2) is 0 Å². The van der Waals surface area contributed by atoms with Gasteiger partial charge in [-0.1, -0.05) is 23.8 Å². The van der Waals surface area contributed by atoms with Crippen molar-refractivity contribution in [1.29, 1.82) is 5.26 Å². The zero-order valence-electron chi connectivity index (χ0n) is 10.8. The van der Waals surface area contributed by atoms with Gasteiger partial charge in [0.25, 0.3) is 0 Å². The molecule has 0 aliphatic carbocycles. The molecule has 2 nitrogen and oxygen atoms in total. The van der Waals surface area contributed by atoms with E-state index in [1.807, 2.05) is 45.0 Å². The molecule has 0 spiro atoms. The fourth-order valence-corrected chi connectivity index (χ4v) is 1.84. The average molecular weight is 237 g/mol. The molecule has 0 atom stereocenters. The Kier molecular flexibility index (Phi) is 3.34. The predicted octanol–water partition coefficient (Wildman–Crippen LogP) is 4.28. The van der Waals surface area contributed by atoms with E-state index < -0.39 is 0 Å². The number of aryl methyl sites for hydroxylation is 3. The topological polar surface area (TPSA) is 33.0 Å². The van der Waals surface area contributed by atoms with Gasteiger partial charge in [0, 0.05) is 0 Å². The molecular weight excluding hydrogens is 222 g/mol. The summed E-state index contributed by atoms with van der Waals surface area (Å²) in [6.45, 7) is 6.03. The lowest BCUT2D eigenvalue weighted by Crippen LogP contribution is -1.92. The van der Waals surface area contributed by atoms with E-state index in [-0.39, 0.29) is 0 Å². The maximum Gasteiger partial charge on any atom is 0.145 e. The first-order chi connectivity index (χ1) is 8.60. The predicted molar refractivity (Wildman–Crippen MR) is 71.9 cm³/mol. The summed E-state index contributed by atoms with van der Waals surface area (Å²) < 4.78 is 5.84. The van der Waals surface area contributed by atoms with Crippen LogP contribution in [0.2, 0.25) is 0 Å². The molecule has 0 fully saturated rings. The van der Waals surface area contributed by atoms with Crippen molar-refractivity contribution in [2.45, 2.75) is 20.8 Å². The van der Waals surface area contributed by atoms with E-state index >= 15 is 0 Å². The van der Waals surface area contributed by atoms with Gasteiger partial charge in [0.1, 0.15) is 17.6 Å². The van der Waals surface area contributed by atoms with Crippen LogP contribution in [0.4, 0.5) is 0 Å². The van der Waals surface area contributed by atoms with Gasteiger partial charge >= 0.3 is 0 Å². The van der Waals surface area contributed by atoms with Crippen LogP contribution in [0.15, 0.2) is 36.4 Å². The molecule has 0 bridgehead atoms.